The molecule has 0 saturated carbocycles. The molecule has 0 aliphatic carbocycles. The number of imide groups is 1. The van der Waals surface area contributed by atoms with Gasteiger partial charge in [0.05, 0.1) is 17.7 Å². The van der Waals surface area contributed by atoms with Gasteiger partial charge in [0.1, 0.15) is 10.8 Å². The Balaban J connectivity index is 1.63. The number of nitrogens with zero attached hydrogens (tertiary/aromatic N) is 3. The number of halogens is 1. The molecule has 4 rings (SSSR count). The molecule has 2 aromatic carbocycles. The second kappa shape index (κ2) is 8.25. The maximum Gasteiger partial charge on any atom is 0.263 e. The molecular weight excluding hydrogens is 464 g/mol. The summed E-state index contributed by atoms with van der Waals surface area (Å²) in [5, 5.41) is 9.03. The van der Waals surface area contributed by atoms with Crippen molar-refractivity contribution < 1.29 is 22.7 Å². The lowest BCUT2D eigenvalue weighted by Crippen LogP contribution is -2.29. The number of hydrogen-bond acceptors (Lipinski definition) is 8. The molecule has 2 heterocycles. The van der Waals surface area contributed by atoms with Gasteiger partial charge in [-0.15, -0.1) is 10.2 Å². The van der Waals surface area contributed by atoms with Crippen molar-refractivity contribution in [1.82, 2.24) is 10.2 Å². The summed E-state index contributed by atoms with van der Waals surface area (Å²) < 4.78 is 33.4. The normalized spacial score (nSPS) is 14.2. The van der Waals surface area contributed by atoms with Gasteiger partial charge in [-0.3, -0.25) is 14.3 Å². The number of rotatable bonds is 6. The number of sulfonamides is 1. The minimum atomic E-state index is -4.07. The number of anilines is 2. The zero-order chi connectivity index (χ0) is 22.2. The maximum atomic E-state index is 12.9. The van der Waals surface area contributed by atoms with E-state index < -0.39 is 21.8 Å². The summed E-state index contributed by atoms with van der Waals surface area (Å²) in [6.45, 7) is 0. The lowest BCUT2D eigenvalue weighted by atomic mass is 10.2. The van der Waals surface area contributed by atoms with Crippen molar-refractivity contribution in [2.24, 2.45) is 0 Å². The van der Waals surface area contributed by atoms with Gasteiger partial charge in [-0.1, -0.05) is 35.1 Å². The average molecular weight is 479 g/mol. The van der Waals surface area contributed by atoms with Crippen molar-refractivity contribution in [3.8, 4) is 16.3 Å². The van der Waals surface area contributed by atoms with Crippen LogP contribution in [0, 0.1) is 0 Å². The fourth-order valence-corrected chi connectivity index (χ4v) is 5.13. The van der Waals surface area contributed by atoms with E-state index in [9.17, 15) is 18.0 Å². The Morgan fingerprint density at radius 1 is 1.06 bits per heavy atom. The summed E-state index contributed by atoms with van der Waals surface area (Å²) in [4.78, 5) is 25.0. The fourth-order valence-electron chi connectivity index (χ4n) is 3.00. The number of ether oxygens (including phenoxy) is 1. The first-order valence-corrected chi connectivity index (χ1v) is 11.6. The van der Waals surface area contributed by atoms with Gasteiger partial charge in [-0.25, -0.2) is 13.3 Å². The summed E-state index contributed by atoms with van der Waals surface area (Å²) in [6.07, 6.45) is 0.130. The van der Waals surface area contributed by atoms with Crippen LogP contribution in [0.25, 0.3) is 10.6 Å². The fraction of sp³-hybridized carbons (Fsp3) is 0.158. The minimum absolute atomic E-state index is 0.0650. The monoisotopic (exact) mass is 478 g/mol. The molecule has 1 saturated heterocycles. The van der Waals surface area contributed by atoms with Crippen LogP contribution in [0.15, 0.2) is 47.4 Å². The third-order valence-electron chi connectivity index (χ3n) is 4.49. The number of methoxy groups -OCH3 is 1. The van der Waals surface area contributed by atoms with Crippen molar-refractivity contribution in [3.05, 3.63) is 47.5 Å². The lowest BCUT2D eigenvalue weighted by molar-refractivity contribution is -0.121. The summed E-state index contributed by atoms with van der Waals surface area (Å²) >= 11 is 6.93. The summed E-state index contributed by atoms with van der Waals surface area (Å²) in [7, 11) is -2.70. The molecule has 160 valence electrons. The second-order valence-electron chi connectivity index (χ2n) is 6.48. The first-order chi connectivity index (χ1) is 14.8. The van der Waals surface area contributed by atoms with E-state index in [1.807, 2.05) is 0 Å². The van der Waals surface area contributed by atoms with Crippen LogP contribution in [0.2, 0.25) is 5.02 Å². The molecule has 0 atom stereocenters. The number of benzene rings is 2. The molecule has 0 bridgehead atoms. The molecule has 1 aromatic heterocycles. The summed E-state index contributed by atoms with van der Waals surface area (Å²) in [5.74, 6) is -0.617. The van der Waals surface area contributed by atoms with Crippen molar-refractivity contribution >= 4 is 55.6 Å². The van der Waals surface area contributed by atoms with Gasteiger partial charge in [-0.05, 0) is 30.3 Å². The second-order valence-corrected chi connectivity index (χ2v) is 9.58. The van der Waals surface area contributed by atoms with Crippen LogP contribution in [0.5, 0.6) is 5.75 Å². The Hall–Kier alpha value is -3.02. The molecule has 12 heteroatoms. The highest BCUT2D eigenvalue weighted by Crippen LogP contribution is 2.35. The van der Waals surface area contributed by atoms with Gasteiger partial charge in [-0.2, -0.15) is 0 Å². The number of carbonyl (C=O) groups is 2. The molecule has 31 heavy (non-hydrogen) atoms. The largest absolute Gasteiger partial charge is 0.495 e. The summed E-state index contributed by atoms with van der Waals surface area (Å²) in [5.41, 5.74) is 0.821. The Morgan fingerprint density at radius 2 is 1.74 bits per heavy atom. The molecule has 2 amide bonds. The van der Waals surface area contributed by atoms with Crippen LogP contribution in [-0.4, -0.2) is 37.5 Å². The summed E-state index contributed by atoms with van der Waals surface area (Å²) in [6, 6.07) is 10.8. The Bertz CT molecular complexity index is 1260. The van der Waals surface area contributed by atoms with E-state index in [2.05, 4.69) is 14.9 Å². The van der Waals surface area contributed by atoms with Crippen molar-refractivity contribution in [2.75, 3.05) is 16.7 Å². The first kappa shape index (κ1) is 21.2. The molecule has 0 radical (unpaired) electrons. The number of hydrogen-bond donors (Lipinski definition) is 1. The highest BCUT2D eigenvalue weighted by atomic mass is 35.5. The van der Waals surface area contributed by atoms with Crippen molar-refractivity contribution in [3.63, 3.8) is 0 Å². The zero-order valence-electron chi connectivity index (χ0n) is 16.0. The van der Waals surface area contributed by atoms with Gasteiger partial charge in [0.25, 0.3) is 10.0 Å². The van der Waals surface area contributed by atoms with Crippen LogP contribution in [-0.2, 0) is 19.6 Å². The highest BCUT2D eigenvalue weighted by molar-refractivity contribution is 7.93. The average Bonchev–Trinajstić information content (AvgIpc) is 3.33. The van der Waals surface area contributed by atoms with Crippen LogP contribution < -0.4 is 14.4 Å². The van der Waals surface area contributed by atoms with E-state index in [0.29, 0.717) is 10.0 Å². The first-order valence-electron chi connectivity index (χ1n) is 8.94. The topological polar surface area (TPSA) is 119 Å². The molecule has 1 aliphatic rings. The maximum absolute atomic E-state index is 12.9. The molecule has 1 N–H and O–H groups in total. The molecule has 9 nitrogen and oxygen atoms in total. The molecule has 1 fully saturated rings. The number of carbonyl (C=O) groups excluding carboxylic acids is 2. The van der Waals surface area contributed by atoms with Crippen molar-refractivity contribution in [1.29, 1.82) is 0 Å². The van der Waals surface area contributed by atoms with E-state index in [4.69, 9.17) is 16.3 Å². The SMILES string of the molecule is COc1ccc(S(=O)(=O)Nc2nnc(-c3ccc(Cl)cc3)s2)cc1N1C(=O)CCC1=O. The van der Waals surface area contributed by atoms with Crippen LogP contribution in [0.4, 0.5) is 10.8 Å². The van der Waals surface area contributed by atoms with Gasteiger partial charge in [0, 0.05) is 23.4 Å². The van der Waals surface area contributed by atoms with Crippen LogP contribution in [0.1, 0.15) is 12.8 Å². The van der Waals surface area contributed by atoms with E-state index in [-0.39, 0.29) is 34.3 Å². The van der Waals surface area contributed by atoms with Crippen LogP contribution >= 0.6 is 22.9 Å². The van der Waals surface area contributed by atoms with E-state index in [1.165, 1.54) is 25.3 Å². The smallest absolute Gasteiger partial charge is 0.263 e. The Kier molecular flexibility index (Phi) is 5.65. The van der Waals surface area contributed by atoms with Crippen LogP contribution in [0.3, 0.4) is 0 Å². The highest BCUT2D eigenvalue weighted by Gasteiger charge is 2.33. The zero-order valence-corrected chi connectivity index (χ0v) is 18.4. The standard InChI is InChI=1S/C19H15ClN4O5S2/c1-29-15-7-6-13(10-14(15)24-16(25)8-9-17(24)26)31(27,28)23-19-22-21-18(30-19)11-2-4-12(20)5-3-11/h2-7,10H,8-9H2,1H3,(H,22,23). The predicted molar refractivity (Wildman–Crippen MR) is 116 cm³/mol. The third kappa shape index (κ3) is 4.24. The number of aromatic nitrogens is 2. The quantitative estimate of drug-likeness (QED) is 0.540. The molecular formula is C19H15ClN4O5S2. The van der Waals surface area contributed by atoms with Crippen molar-refractivity contribution in [2.45, 2.75) is 17.7 Å². The molecule has 0 spiro atoms. The number of amides is 2. The molecule has 1 aliphatic heterocycles. The molecule has 3 aromatic rings. The minimum Gasteiger partial charge on any atom is -0.495 e. The molecule has 0 unspecified atom stereocenters. The number of nitrogens with one attached hydrogen (secondary N) is 1. The van der Waals surface area contributed by atoms with Gasteiger partial charge >= 0.3 is 0 Å². The predicted octanol–water partition coefficient (Wildman–Crippen LogP) is 3.32. The van der Waals surface area contributed by atoms with E-state index in [0.717, 1.165) is 21.8 Å². The van der Waals surface area contributed by atoms with Gasteiger partial charge < -0.3 is 4.74 Å². The Morgan fingerprint density at radius 3 is 2.39 bits per heavy atom. The lowest BCUT2D eigenvalue weighted by Gasteiger charge is -2.18. The third-order valence-corrected chi connectivity index (χ3v) is 7.10. The van der Waals surface area contributed by atoms with E-state index in [1.54, 1.807) is 24.3 Å². The van der Waals surface area contributed by atoms with E-state index >= 15 is 0 Å². The van der Waals surface area contributed by atoms with Gasteiger partial charge in [0.15, 0.2) is 0 Å². The van der Waals surface area contributed by atoms with Gasteiger partial charge in [0.2, 0.25) is 16.9 Å². The Labute approximate surface area is 186 Å².